The molecule has 0 aliphatic rings. The highest BCUT2D eigenvalue weighted by Gasteiger charge is 2.08. The Kier molecular flexibility index (Phi) is 7.18. The summed E-state index contributed by atoms with van der Waals surface area (Å²) in [6.07, 6.45) is 0. The lowest BCUT2D eigenvalue weighted by Gasteiger charge is -2.21. The van der Waals surface area contributed by atoms with Crippen LogP contribution in [0.4, 0.5) is 0 Å². The van der Waals surface area contributed by atoms with Gasteiger partial charge < -0.3 is 20.7 Å². The van der Waals surface area contributed by atoms with Gasteiger partial charge in [-0.25, -0.2) is 0 Å². The predicted octanol–water partition coefficient (Wildman–Crippen LogP) is 2.06. The molecular weight excluding hydrogens is 276 g/mol. The molecule has 0 saturated heterocycles. The van der Waals surface area contributed by atoms with Crippen molar-refractivity contribution in [2.24, 2.45) is 4.99 Å². The van der Waals surface area contributed by atoms with Crippen molar-refractivity contribution < 1.29 is 4.74 Å². The van der Waals surface area contributed by atoms with Gasteiger partial charge in [-0.1, -0.05) is 12.1 Å². The largest absolute Gasteiger partial charge is 0.496 e. The molecule has 124 valence electrons. The van der Waals surface area contributed by atoms with Crippen LogP contribution < -0.4 is 20.7 Å². The van der Waals surface area contributed by atoms with E-state index in [0.717, 1.165) is 30.4 Å². The third-order valence-corrected chi connectivity index (χ3v) is 3.19. The van der Waals surface area contributed by atoms with Gasteiger partial charge in [0.15, 0.2) is 5.96 Å². The zero-order chi connectivity index (χ0) is 16.6. The van der Waals surface area contributed by atoms with Crippen molar-refractivity contribution in [3.63, 3.8) is 0 Å². The first-order valence-electron chi connectivity index (χ1n) is 7.69. The molecule has 0 aliphatic carbocycles. The third-order valence-electron chi connectivity index (χ3n) is 3.19. The molecule has 0 unspecified atom stereocenters. The van der Waals surface area contributed by atoms with Crippen LogP contribution in [0.2, 0.25) is 0 Å². The number of hydrogen-bond acceptors (Lipinski definition) is 3. The SMILES string of the molecule is CN=C(NCCNC(C)(C)C)NCc1ccc(C)cc1OC. The van der Waals surface area contributed by atoms with Crippen LogP contribution in [0.15, 0.2) is 23.2 Å². The molecule has 0 atom stereocenters. The number of nitrogens with one attached hydrogen (secondary N) is 3. The molecule has 5 nitrogen and oxygen atoms in total. The van der Waals surface area contributed by atoms with Gasteiger partial charge in [0.25, 0.3) is 0 Å². The molecule has 0 spiro atoms. The summed E-state index contributed by atoms with van der Waals surface area (Å²) in [5.41, 5.74) is 2.44. The number of ether oxygens (including phenoxy) is 1. The van der Waals surface area contributed by atoms with Crippen LogP contribution in [0.3, 0.4) is 0 Å². The van der Waals surface area contributed by atoms with Crippen molar-refractivity contribution in [2.75, 3.05) is 27.2 Å². The molecule has 0 radical (unpaired) electrons. The highest BCUT2D eigenvalue weighted by Crippen LogP contribution is 2.19. The van der Waals surface area contributed by atoms with E-state index in [1.165, 1.54) is 5.56 Å². The molecule has 0 fully saturated rings. The van der Waals surface area contributed by atoms with Gasteiger partial charge in [-0.2, -0.15) is 0 Å². The van der Waals surface area contributed by atoms with E-state index in [1.54, 1.807) is 14.2 Å². The van der Waals surface area contributed by atoms with Crippen molar-refractivity contribution in [3.05, 3.63) is 29.3 Å². The number of nitrogens with zero attached hydrogens (tertiary/aromatic N) is 1. The number of aryl methyl sites for hydroxylation is 1. The van der Waals surface area contributed by atoms with Crippen molar-refractivity contribution in [1.29, 1.82) is 0 Å². The summed E-state index contributed by atoms with van der Waals surface area (Å²) >= 11 is 0. The maximum atomic E-state index is 5.42. The Bertz CT molecular complexity index is 492. The number of methoxy groups -OCH3 is 1. The molecule has 0 bridgehead atoms. The first-order valence-corrected chi connectivity index (χ1v) is 7.69. The maximum absolute atomic E-state index is 5.42. The molecule has 1 aromatic carbocycles. The lowest BCUT2D eigenvalue weighted by Crippen LogP contribution is -2.44. The summed E-state index contributed by atoms with van der Waals surface area (Å²) in [5.74, 6) is 1.69. The number of benzene rings is 1. The van der Waals surface area contributed by atoms with E-state index in [0.29, 0.717) is 6.54 Å². The minimum absolute atomic E-state index is 0.133. The van der Waals surface area contributed by atoms with Gasteiger partial charge in [-0.05, 0) is 39.3 Å². The molecule has 1 rings (SSSR count). The van der Waals surface area contributed by atoms with Gasteiger partial charge in [0, 0.05) is 37.8 Å². The normalized spacial score (nSPS) is 12.2. The van der Waals surface area contributed by atoms with E-state index in [9.17, 15) is 0 Å². The number of hydrogen-bond donors (Lipinski definition) is 3. The Hall–Kier alpha value is -1.75. The molecule has 0 aliphatic heterocycles. The first-order chi connectivity index (χ1) is 10.4. The lowest BCUT2D eigenvalue weighted by atomic mass is 10.1. The van der Waals surface area contributed by atoms with Gasteiger partial charge in [0.05, 0.1) is 7.11 Å². The van der Waals surface area contributed by atoms with Crippen LogP contribution in [0.5, 0.6) is 5.75 Å². The third kappa shape index (κ3) is 6.80. The lowest BCUT2D eigenvalue weighted by molar-refractivity contribution is 0.408. The van der Waals surface area contributed by atoms with Crippen LogP contribution in [0.25, 0.3) is 0 Å². The van der Waals surface area contributed by atoms with Crippen molar-refractivity contribution in [1.82, 2.24) is 16.0 Å². The van der Waals surface area contributed by atoms with Crippen molar-refractivity contribution in [3.8, 4) is 5.75 Å². The molecule has 1 aromatic rings. The van der Waals surface area contributed by atoms with E-state index in [1.807, 2.05) is 6.07 Å². The van der Waals surface area contributed by atoms with Gasteiger partial charge >= 0.3 is 0 Å². The van der Waals surface area contributed by atoms with Crippen LogP contribution in [-0.4, -0.2) is 38.7 Å². The Morgan fingerprint density at radius 2 is 1.91 bits per heavy atom. The summed E-state index contributed by atoms with van der Waals surface area (Å²) in [6, 6.07) is 6.21. The monoisotopic (exact) mass is 306 g/mol. The molecule has 5 heteroatoms. The fourth-order valence-corrected chi connectivity index (χ4v) is 2.02. The smallest absolute Gasteiger partial charge is 0.191 e. The molecule has 22 heavy (non-hydrogen) atoms. The molecule has 0 aromatic heterocycles. The Morgan fingerprint density at radius 3 is 2.50 bits per heavy atom. The fraction of sp³-hybridized carbons (Fsp3) is 0.588. The Morgan fingerprint density at radius 1 is 1.18 bits per heavy atom. The Balaban J connectivity index is 2.44. The molecular formula is C17H30N4O. The summed E-state index contributed by atoms with van der Waals surface area (Å²) < 4.78 is 5.42. The van der Waals surface area contributed by atoms with E-state index in [2.05, 4.69) is 60.8 Å². The van der Waals surface area contributed by atoms with Crippen LogP contribution in [0, 0.1) is 6.92 Å². The quantitative estimate of drug-likeness (QED) is 0.428. The van der Waals surface area contributed by atoms with Gasteiger partial charge in [0.2, 0.25) is 0 Å². The number of aliphatic imine (C=N–C) groups is 1. The average Bonchev–Trinajstić information content (AvgIpc) is 2.46. The summed E-state index contributed by atoms with van der Waals surface area (Å²) in [6.45, 7) is 10.9. The van der Waals surface area contributed by atoms with E-state index in [-0.39, 0.29) is 5.54 Å². The van der Waals surface area contributed by atoms with E-state index >= 15 is 0 Å². The van der Waals surface area contributed by atoms with Crippen LogP contribution in [0.1, 0.15) is 31.9 Å². The van der Waals surface area contributed by atoms with Gasteiger partial charge in [-0.3, -0.25) is 4.99 Å². The minimum Gasteiger partial charge on any atom is -0.496 e. The summed E-state index contributed by atoms with van der Waals surface area (Å²) in [7, 11) is 3.47. The zero-order valence-corrected chi connectivity index (χ0v) is 14.7. The second kappa shape index (κ2) is 8.63. The predicted molar refractivity (Wildman–Crippen MR) is 93.7 cm³/mol. The van der Waals surface area contributed by atoms with Gasteiger partial charge in [0.1, 0.15) is 5.75 Å². The molecule has 0 amide bonds. The molecule has 0 heterocycles. The van der Waals surface area contributed by atoms with Crippen molar-refractivity contribution >= 4 is 5.96 Å². The van der Waals surface area contributed by atoms with Crippen LogP contribution in [-0.2, 0) is 6.54 Å². The van der Waals surface area contributed by atoms with E-state index < -0.39 is 0 Å². The number of rotatable bonds is 6. The van der Waals surface area contributed by atoms with E-state index in [4.69, 9.17) is 4.74 Å². The Labute approximate surface area is 134 Å². The molecule has 3 N–H and O–H groups in total. The first kappa shape index (κ1) is 18.3. The zero-order valence-electron chi connectivity index (χ0n) is 14.7. The maximum Gasteiger partial charge on any atom is 0.191 e. The fourth-order valence-electron chi connectivity index (χ4n) is 2.02. The molecule has 0 saturated carbocycles. The van der Waals surface area contributed by atoms with Crippen molar-refractivity contribution in [2.45, 2.75) is 39.8 Å². The average molecular weight is 306 g/mol. The summed E-state index contributed by atoms with van der Waals surface area (Å²) in [4.78, 5) is 4.24. The highest BCUT2D eigenvalue weighted by molar-refractivity contribution is 5.79. The number of guanidine groups is 1. The second-order valence-corrected chi connectivity index (χ2v) is 6.34. The summed E-state index contributed by atoms with van der Waals surface area (Å²) in [5, 5.41) is 10.0. The second-order valence-electron chi connectivity index (χ2n) is 6.34. The topological polar surface area (TPSA) is 57.7 Å². The standard InChI is InChI=1S/C17H30N4O/c1-13-7-8-14(15(11-13)22-6)12-20-16(18-5)19-9-10-21-17(2,3)4/h7-8,11,21H,9-10,12H2,1-6H3,(H2,18,19,20). The minimum atomic E-state index is 0.133. The van der Waals surface area contributed by atoms with Crippen LogP contribution >= 0.6 is 0 Å². The van der Waals surface area contributed by atoms with Gasteiger partial charge in [-0.15, -0.1) is 0 Å². The highest BCUT2D eigenvalue weighted by atomic mass is 16.5.